The van der Waals surface area contributed by atoms with Crippen LogP contribution in [0.1, 0.15) is 44.0 Å². The average Bonchev–Trinajstić information content (AvgIpc) is 2.59. The van der Waals surface area contributed by atoms with Gasteiger partial charge in [-0.15, -0.1) is 0 Å². The van der Waals surface area contributed by atoms with Crippen molar-refractivity contribution >= 4 is 29.6 Å². The van der Waals surface area contributed by atoms with Crippen molar-refractivity contribution < 1.29 is 19.1 Å². The van der Waals surface area contributed by atoms with Crippen molar-refractivity contribution in [2.45, 2.75) is 45.3 Å². The lowest BCUT2D eigenvalue weighted by atomic mass is 10.1. The highest BCUT2D eigenvalue weighted by Gasteiger charge is 2.26. The highest BCUT2D eigenvalue weighted by Crippen LogP contribution is 2.13. The van der Waals surface area contributed by atoms with Crippen LogP contribution in [0.25, 0.3) is 0 Å². The largest absolute Gasteiger partial charge is 0.444 e. The van der Waals surface area contributed by atoms with Crippen molar-refractivity contribution in [3.8, 4) is 0 Å². The number of hydrazine groups is 1. The number of urea groups is 1. The van der Waals surface area contributed by atoms with Crippen molar-refractivity contribution in [1.29, 1.82) is 0 Å². The number of likely N-dealkylation sites (tertiary alicyclic amines) is 1. The molecule has 8 nitrogen and oxygen atoms in total. The fourth-order valence-corrected chi connectivity index (χ4v) is 2.69. The van der Waals surface area contributed by atoms with Gasteiger partial charge in [-0.25, -0.2) is 15.0 Å². The Morgan fingerprint density at radius 1 is 1.07 bits per heavy atom. The van der Waals surface area contributed by atoms with E-state index < -0.39 is 23.6 Å². The van der Waals surface area contributed by atoms with E-state index in [9.17, 15) is 14.4 Å². The summed E-state index contributed by atoms with van der Waals surface area (Å²) in [6.07, 6.45) is 0.760. The van der Waals surface area contributed by atoms with Crippen molar-refractivity contribution in [1.82, 2.24) is 21.1 Å². The zero-order valence-electron chi connectivity index (χ0n) is 15.7. The molecule has 0 spiro atoms. The van der Waals surface area contributed by atoms with Gasteiger partial charge in [0, 0.05) is 29.7 Å². The fraction of sp³-hybridized carbons (Fsp3) is 0.500. The Labute approximate surface area is 163 Å². The molecule has 0 radical (unpaired) electrons. The highest BCUT2D eigenvalue weighted by molar-refractivity contribution is 6.30. The number of carbonyl (C=O) groups excluding carboxylic acids is 3. The van der Waals surface area contributed by atoms with Gasteiger partial charge in [-0.1, -0.05) is 11.6 Å². The van der Waals surface area contributed by atoms with Crippen LogP contribution < -0.4 is 16.2 Å². The second-order valence-electron chi connectivity index (χ2n) is 7.30. The fourth-order valence-electron chi connectivity index (χ4n) is 2.56. The molecule has 1 aromatic carbocycles. The first-order valence-electron chi connectivity index (χ1n) is 8.74. The minimum Gasteiger partial charge on any atom is -0.444 e. The van der Waals surface area contributed by atoms with Crippen molar-refractivity contribution in [2.24, 2.45) is 0 Å². The van der Waals surface area contributed by atoms with Gasteiger partial charge >= 0.3 is 12.1 Å². The molecular weight excluding hydrogens is 372 g/mol. The van der Waals surface area contributed by atoms with E-state index in [0.717, 1.165) is 0 Å². The molecule has 0 bridgehead atoms. The van der Waals surface area contributed by atoms with Gasteiger partial charge in [0.1, 0.15) is 5.60 Å². The molecule has 148 valence electrons. The summed E-state index contributed by atoms with van der Waals surface area (Å²) in [6, 6.07) is 5.89. The van der Waals surface area contributed by atoms with Gasteiger partial charge in [-0.2, -0.15) is 0 Å². The van der Waals surface area contributed by atoms with Crippen LogP contribution >= 0.6 is 11.6 Å². The number of halogens is 1. The molecule has 3 N–H and O–H groups in total. The Balaban J connectivity index is 1.72. The van der Waals surface area contributed by atoms with Crippen LogP contribution in [-0.2, 0) is 4.74 Å². The third kappa shape index (κ3) is 6.97. The molecule has 4 amide bonds. The van der Waals surface area contributed by atoms with Gasteiger partial charge in [0.25, 0.3) is 5.91 Å². The predicted molar refractivity (Wildman–Crippen MR) is 101 cm³/mol. The summed E-state index contributed by atoms with van der Waals surface area (Å²) in [5.74, 6) is -0.429. The summed E-state index contributed by atoms with van der Waals surface area (Å²) in [4.78, 5) is 37.5. The molecule has 0 saturated carbocycles. The van der Waals surface area contributed by atoms with Gasteiger partial charge in [0.05, 0.1) is 0 Å². The topological polar surface area (TPSA) is 99.8 Å². The molecule has 0 aromatic heterocycles. The third-order valence-electron chi connectivity index (χ3n) is 3.89. The number of benzene rings is 1. The van der Waals surface area contributed by atoms with Crippen molar-refractivity contribution in [3.63, 3.8) is 0 Å². The number of nitrogens with zero attached hydrogens (tertiary/aromatic N) is 1. The zero-order chi connectivity index (χ0) is 20.0. The Kier molecular flexibility index (Phi) is 6.90. The first-order valence-corrected chi connectivity index (χ1v) is 9.12. The molecule has 1 saturated heterocycles. The molecule has 1 fully saturated rings. The third-order valence-corrected chi connectivity index (χ3v) is 4.14. The maximum Gasteiger partial charge on any atom is 0.407 e. The number of ether oxygens (including phenoxy) is 1. The Morgan fingerprint density at radius 2 is 1.67 bits per heavy atom. The number of hydrogen-bond acceptors (Lipinski definition) is 4. The van der Waals surface area contributed by atoms with E-state index in [1.165, 1.54) is 0 Å². The van der Waals surface area contributed by atoms with E-state index in [1.54, 1.807) is 49.9 Å². The van der Waals surface area contributed by atoms with E-state index in [-0.39, 0.29) is 6.04 Å². The molecule has 0 atom stereocenters. The van der Waals surface area contributed by atoms with Gasteiger partial charge in [0.2, 0.25) is 0 Å². The quantitative estimate of drug-likeness (QED) is 0.669. The summed E-state index contributed by atoms with van der Waals surface area (Å²) >= 11 is 5.78. The van der Waals surface area contributed by atoms with Crippen LogP contribution in [0.2, 0.25) is 5.02 Å². The summed E-state index contributed by atoms with van der Waals surface area (Å²) < 4.78 is 5.23. The molecule has 0 unspecified atom stereocenters. The number of alkyl carbamates (subject to hydrolysis) is 1. The van der Waals surface area contributed by atoms with E-state index >= 15 is 0 Å². The molecule has 0 aliphatic carbocycles. The summed E-state index contributed by atoms with van der Waals surface area (Å²) in [5, 5.41) is 3.34. The summed E-state index contributed by atoms with van der Waals surface area (Å²) in [6.45, 7) is 6.33. The van der Waals surface area contributed by atoms with E-state index in [2.05, 4.69) is 16.2 Å². The van der Waals surface area contributed by atoms with E-state index in [4.69, 9.17) is 16.3 Å². The van der Waals surface area contributed by atoms with Crippen LogP contribution in [0.15, 0.2) is 24.3 Å². The number of amides is 4. The zero-order valence-corrected chi connectivity index (χ0v) is 16.4. The van der Waals surface area contributed by atoms with Gasteiger partial charge in [-0.3, -0.25) is 10.2 Å². The van der Waals surface area contributed by atoms with Crippen LogP contribution in [-0.4, -0.2) is 47.7 Å². The van der Waals surface area contributed by atoms with Crippen LogP contribution in [0.4, 0.5) is 9.59 Å². The lowest BCUT2D eigenvalue weighted by Gasteiger charge is -2.32. The molecule has 1 aromatic rings. The number of carbonyl (C=O) groups is 3. The molecule has 9 heteroatoms. The van der Waals surface area contributed by atoms with Crippen molar-refractivity contribution in [3.05, 3.63) is 34.9 Å². The van der Waals surface area contributed by atoms with E-state index in [0.29, 0.717) is 36.5 Å². The minimum absolute atomic E-state index is 0.0486. The monoisotopic (exact) mass is 396 g/mol. The highest BCUT2D eigenvalue weighted by atomic mass is 35.5. The van der Waals surface area contributed by atoms with Crippen LogP contribution in [0.5, 0.6) is 0 Å². The van der Waals surface area contributed by atoms with Gasteiger partial charge in [0.15, 0.2) is 0 Å². The molecule has 1 aliphatic heterocycles. The minimum atomic E-state index is -0.549. The van der Waals surface area contributed by atoms with Gasteiger partial charge < -0.3 is 15.0 Å². The first kappa shape index (κ1) is 20.8. The Morgan fingerprint density at radius 3 is 2.22 bits per heavy atom. The first-order chi connectivity index (χ1) is 12.6. The number of rotatable bonds is 2. The molecule has 1 heterocycles. The Hall–Kier alpha value is -2.48. The standard InChI is InChI=1S/C18H25ClN4O4/c1-18(2,3)27-17(26)20-14-8-10-23(11-9-14)16(25)22-21-15(24)12-4-6-13(19)7-5-12/h4-7,14H,8-11H2,1-3H3,(H,20,26)(H,21,24)(H,22,25). The Bertz CT molecular complexity index is 680. The molecule has 1 aliphatic rings. The van der Waals surface area contributed by atoms with Crippen molar-refractivity contribution in [2.75, 3.05) is 13.1 Å². The summed E-state index contributed by atoms with van der Waals surface area (Å²) in [5.41, 5.74) is 4.61. The summed E-state index contributed by atoms with van der Waals surface area (Å²) in [7, 11) is 0. The SMILES string of the molecule is CC(C)(C)OC(=O)NC1CCN(C(=O)NNC(=O)c2ccc(Cl)cc2)CC1. The average molecular weight is 397 g/mol. The van der Waals surface area contributed by atoms with Crippen LogP contribution in [0.3, 0.4) is 0 Å². The maximum atomic E-state index is 12.2. The number of nitrogens with one attached hydrogen (secondary N) is 3. The molecule has 2 rings (SSSR count). The number of piperidine rings is 1. The molecular formula is C18H25ClN4O4. The van der Waals surface area contributed by atoms with Gasteiger partial charge in [-0.05, 0) is 57.9 Å². The normalized spacial score (nSPS) is 15.0. The maximum absolute atomic E-state index is 12.2. The second-order valence-corrected chi connectivity index (χ2v) is 7.74. The van der Waals surface area contributed by atoms with E-state index in [1.807, 2.05) is 0 Å². The van der Waals surface area contributed by atoms with Crippen LogP contribution in [0, 0.1) is 0 Å². The molecule has 27 heavy (non-hydrogen) atoms. The lowest BCUT2D eigenvalue weighted by molar-refractivity contribution is 0.0484. The smallest absolute Gasteiger partial charge is 0.407 e. The second kappa shape index (κ2) is 8.94. The lowest BCUT2D eigenvalue weighted by Crippen LogP contribution is -2.53. The number of hydrogen-bond donors (Lipinski definition) is 3. The predicted octanol–water partition coefficient (Wildman–Crippen LogP) is 2.68.